The Morgan fingerprint density at radius 1 is 1.45 bits per heavy atom. The number of aromatic nitrogens is 3. The van der Waals surface area contributed by atoms with Gasteiger partial charge in [-0.1, -0.05) is 32.4 Å². The van der Waals surface area contributed by atoms with Crippen molar-refractivity contribution < 1.29 is 0 Å². The molecule has 0 spiro atoms. The fourth-order valence-electron chi connectivity index (χ4n) is 2.50. The average molecular weight is 279 g/mol. The molecule has 1 aliphatic rings. The van der Waals surface area contributed by atoms with E-state index in [9.17, 15) is 0 Å². The molecule has 0 saturated heterocycles. The lowest BCUT2D eigenvalue weighted by Gasteiger charge is -2.31. The summed E-state index contributed by atoms with van der Waals surface area (Å²) in [5.74, 6) is 0.941. The third kappa shape index (κ3) is 4.87. The maximum atomic E-state index is 4.21. The van der Waals surface area contributed by atoms with E-state index in [2.05, 4.69) is 47.5 Å². The Morgan fingerprint density at radius 2 is 2.25 bits per heavy atom. The van der Waals surface area contributed by atoms with E-state index in [4.69, 9.17) is 0 Å². The summed E-state index contributed by atoms with van der Waals surface area (Å²) in [4.78, 5) is 2.54. The van der Waals surface area contributed by atoms with E-state index in [1.807, 2.05) is 4.68 Å². The van der Waals surface area contributed by atoms with Gasteiger partial charge in [-0.3, -0.25) is 4.68 Å². The van der Waals surface area contributed by atoms with Crippen LogP contribution in [0.1, 0.15) is 45.7 Å². The molecular formula is C15H29N5. The molecule has 1 fully saturated rings. The molecule has 5 heteroatoms. The summed E-state index contributed by atoms with van der Waals surface area (Å²) in [6.07, 6.45) is 6.33. The maximum absolute atomic E-state index is 4.21. The van der Waals surface area contributed by atoms with Gasteiger partial charge >= 0.3 is 0 Å². The molecule has 1 N–H and O–H groups in total. The van der Waals surface area contributed by atoms with Crippen LogP contribution in [-0.4, -0.2) is 45.6 Å². The van der Waals surface area contributed by atoms with E-state index < -0.39 is 0 Å². The third-order valence-corrected chi connectivity index (χ3v) is 4.11. The monoisotopic (exact) mass is 279 g/mol. The van der Waals surface area contributed by atoms with Gasteiger partial charge in [0.1, 0.15) is 0 Å². The van der Waals surface area contributed by atoms with Gasteiger partial charge in [-0.25, -0.2) is 0 Å². The maximum Gasteiger partial charge on any atom is 0.0964 e. The zero-order valence-corrected chi connectivity index (χ0v) is 13.2. The molecule has 1 aromatic rings. The Balaban J connectivity index is 1.71. The Labute approximate surface area is 122 Å². The van der Waals surface area contributed by atoms with Crippen molar-refractivity contribution in [2.24, 2.45) is 5.92 Å². The van der Waals surface area contributed by atoms with Crippen molar-refractivity contribution in [3.63, 3.8) is 0 Å². The molecule has 0 amide bonds. The van der Waals surface area contributed by atoms with Gasteiger partial charge in [0.25, 0.3) is 0 Å². The predicted molar refractivity (Wildman–Crippen MR) is 81.5 cm³/mol. The second kappa shape index (κ2) is 7.74. The molecule has 0 atom stereocenters. The topological polar surface area (TPSA) is 46.0 Å². The van der Waals surface area contributed by atoms with Crippen LogP contribution in [0.3, 0.4) is 0 Å². The van der Waals surface area contributed by atoms with Gasteiger partial charge in [0, 0.05) is 31.9 Å². The fraction of sp³-hybridized carbons (Fsp3) is 0.867. The van der Waals surface area contributed by atoms with Crippen LogP contribution in [0.25, 0.3) is 0 Å². The van der Waals surface area contributed by atoms with E-state index in [-0.39, 0.29) is 0 Å². The lowest BCUT2D eigenvalue weighted by Crippen LogP contribution is -2.34. The normalized spacial score (nSPS) is 16.1. The predicted octanol–water partition coefficient (Wildman–Crippen LogP) is 1.90. The number of nitrogens with one attached hydrogen (secondary N) is 1. The van der Waals surface area contributed by atoms with Crippen molar-refractivity contribution in [1.29, 1.82) is 0 Å². The van der Waals surface area contributed by atoms with Gasteiger partial charge < -0.3 is 10.2 Å². The van der Waals surface area contributed by atoms with E-state index in [1.54, 1.807) is 0 Å². The lowest BCUT2D eigenvalue weighted by molar-refractivity contribution is 0.177. The quantitative estimate of drug-likeness (QED) is 0.750. The number of hydrogen-bond acceptors (Lipinski definition) is 4. The van der Waals surface area contributed by atoms with Gasteiger partial charge in [-0.05, 0) is 25.3 Å². The molecule has 1 saturated carbocycles. The highest BCUT2D eigenvalue weighted by Crippen LogP contribution is 2.26. The van der Waals surface area contributed by atoms with Crippen molar-refractivity contribution in [3.8, 4) is 0 Å². The van der Waals surface area contributed by atoms with Crippen LogP contribution in [0, 0.1) is 5.92 Å². The van der Waals surface area contributed by atoms with Crippen molar-refractivity contribution in [2.75, 3.05) is 19.6 Å². The van der Waals surface area contributed by atoms with Crippen molar-refractivity contribution in [2.45, 2.75) is 59.2 Å². The minimum Gasteiger partial charge on any atom is -0.309 e. The van der Waals surface area contributed by atoms with Crippen LogP contribution in [0.5, 0.6) is 0 Å². The summed E-state index contributed by atoms with van der Waals surface area (Å²) in [5.41, 5.74) is 1.03. The summed E-state index contributed by atoms with van der Waals surface area (Å²) in [5, 5.41) is 11.8. The van der Waals surface area contributed by atoms with Crippen LogP contribution in [-0.2, 0) is 13.1 Å². The van der Waals surface area contributed by atoms with Crippen LogP contribution < -0.4 is 5.32 Å². The molecule has 5 nitrogen and oxygen atoms in total. The van der Waals surface area contributed by atoms with E-state index in [0.717, 1.165) is 37.8 Å². The summed E-state index contributed by atoms with van der Waals surface area (Å²) >= 11 is 0. The average Bonchev–Trinajstić information content (AvgIpc) is 2.82. The lowest BCUT2D eigenvalue weighted by atomic mass is 9.85. The highest BCUT2D eigenvalue weighted by atomic mass is 15.4. The van der Waals surface area contributed by atoms with Gasteiger partial charge in [-0.15, -0.1) is 5.10 Å². The number of hydrogen-bond donors (Lipinski definition) is 1. The first kappa shape index (κ1) is 15.4. The molecule has 0 radical (unpaired) electrons. The Hall–Kier alpha value is -0.940. The summed E-state index contributed by atoms with van der Waals surface area (Å²) < 4.78 is 1.97. The molecule has 114 valence electrons. The molecule has 1 aliphatic carbocycles. The number of likely N-dealkylation sites (N-methyl/N-ethyl adjacent to an activating group) is 1. The van der Waals surface area contributed by atoms with E-state index >= 15 is 0 Å². The van der Waals surface area contributed by atoms with Crippen LogP contribution in [0.2, 0.25) is 0 Å². The zero-order valence-electron chi connectivity index (χ0n) is 13.2. The third-order valence-electron chi connectivity index (χ3n) is 4.11. The largest absolute Gasteiger partial charge is 0.309 e. The van der Waals surface area contributed by atoms with E-state index in [0.29, 0.717) is 6.04 Å². The second-order valence-electron chi connectivity index (χ2n) is 6.20. The standard InChI is InChI=1S/C15H29N5/c1-4-19(11-14-6-5-7-14)8-9-20-12-15(17-18-20)10-16-13(2)3/h12-14,16H,4-11H2,1-3H3. The first-order valence-corrected chi connectivity index (χ1v) is 8.02. The Kier molecular flexibility index (Phi) is 5.98. The molecule has 1 aromatic heterocycles. The molecule has 0 aromatic carbocycles. The van der Waals surface area contributed by atoms with Gasteiger partial charge in [0.05, 0.1) is 12.2 Å². The number of rotatable bonds is 9. The van der Waals surface area contributed by atoms with E-state index in [1.165, 1.54) is 25.8 Å². The van der Waals surface area contributed by atoms with Crippen molar-refractivity contribution >= 4 is 0 Å². The SMILES string of the molecule is CCN(CCn1cc(CNC(C)C)nn1)CC1CCC1. The van der Waals surface area contributed by atoms with Gasteiger partial charge in [0.15, 0.2) is 0 Å². The number of nitrogens with zero attached hydrogens (tertiary/aromatic N) is 4. The first-order chi connectivity index (χ1) is 9.67. The zero-order chi connectivity index (χ0) is 14.4. The Morgan fingerprint density at radius 3 is 2.85 bits per heavy atom. The molecular weight excluding hydrogens is 250 g/mol. The van der Waals surface area contributed by atoms with Crippen LogP contribution in [0.15, 0.2) is 6.20 Å². The minimum absolute atomic E-state index is 0.484. The molecule has 0 unspecified atom stereocenters. The second-order valence-corrected chi connectivity index (χ2v) is 6.20. The van der Waals surface area contributed by atoms with Crippen molar-refractivity contribution in [3.05, 3.63) is 11.9 Å². The summed E-state index contributed by atoms with van der Waals surface area (Å²) in [6.45, 7) is 11.7. The molecule has 20 heavy (non-hydrogen) atoms. The highest BCUT2D eigenvalue weighted by Gasteiger charge is 2.19. The molecule has 0 bridgehead atoms. The molecule has 2 rings (SSSR count). The minimum atomic E-state index is 0.484. The van der Waals surface area contributed by atoms with Gasteiger partial charge in [-0.2, -0.15) is 0 Å². The van der Waals surface area contributed by atoms with Crippen LogP contribution in [0.4, 0.5) is 0 Å². The highest BCUT2D eigenvalue weighted by molar-refractivity contribution is 4.91. The molecule has 1 heterocycles. The molecule has 0 aliphatic heterocycles. The Bertz CT molecular complexity index is 383. The van der Waals surface area contributed by atoms with Crippen molar-refractivity contribution in [1.82, 2.24) is 25.2 Å². The summed E-state index contributed by atoms with van der Waals surface area (Å²) in [6, 6.07) is 0.484. The fourth-order valence-corrected chi connectivity index (χ4v) is 2.50. The smallest absolute Gasteiger partial charge is 0.0964 e. The van der Waals surface area contributed by atoms with Crippen LogP contribution >= 0.6 is 0 Å². The van der Waals surface area contributed by atoms with Gasteiger partial charge in [0.2, 0.25) is 0 Å². The first-order valence-electron chi connectivity index (χ1n) is 8.02. The summed E-state index contributed by atoms with van der Waals surface area (Å²) in [7, 11) is 0.